The summed E-state index contributed by atoms with van der Waals surface area (Å²) >= 11 is 7.38. The molecule has 0 aliphatic rings. The summed E-state index contributed by atoms with van der Waals surface area (Å²) in [6, 6.07) is 14.9. The van der Waals surface area contributed by atoms with Crippen LogP contribution in [-0.2, 0) is 0 Å². The highest BCUT2D eigenvalue weighted by atomic mass is 35.5. The van der Waals surface area contributed by atoms with Crippen molar-refractivity contribution < 1.29 is 0 Å². The van der Waals surface area contributed by atoms with Gasteiger partial charge in [0, 0.05) is 16.8 Å². The minimum atomic E-state index is -0.297. The summed E-state index contributed by atoms with van der Waals surface area (Å²) in [5.74, 6) is 0. The van der Waals surface area contributed by atoms with Gasteiger partial charge in [-0.05, 0) is 18.2 Å². The summed E-state index contributed by atoms with van der Waals surface area (Å²) in [6.07, 6.45) is 1.07. The Morgan fingerprint density at radius 3 is 2.75 bits per heavy atom. The van der Waals surface area contributed by atoms with E-state index in [4.69, 9.17) is 17.0 Å². The molecule has 0 aliphatic carbocycles. The van der Waals surface area contributed by atoms with Gasteiger partial charge in [0.25, 0.3) is 5.56 Å². The lowest BCUT2D eigenvalue weighted by Crippen LogP contribution is -2.16. The number of fused-ring (bicyclic) bond motifs is 1. The molecular weight excluding hydrogens is 344 g/mol. The summed E-state index contributed by atoms with van der Waals surface area (Å²) in [4.78, 5) is 17.1. The van der Waals surface area contributed by atoms with Gasteiger partial charge < -0.3 is 5.41 Å². The van der Waals surface area contributed by atoms with Crippen LogP contribution in [0.3, 0.4) is 0 Å². The van der Waals surface area contributed by atoms with E-state index in [1.54, 1.807) is 12.1 Å². The predicted octanol–water partition coefficient (Wildman–Crippen LogP) is 4.09. The zero-order valence-corrected chi connectivity index (χ0v) is 13.9. The van der Waals surface area contributed by atoms with E-state index in [1.165, 1.54) is 16.0 Å². The molecule has 4 aromatic rings. The fraction of sp³-hybridized carbons (Fsp3) is 0. The maximum atomic E-state index is 12.7. The number of hydrogen-bond acceptors (Lipinski definition) is 4. The van der Waals surface area contributed by atoms with Crippen molar-refractivity contribution in [1.29, 1.82) is 5.41 Å². The number of hydrogen-bond donors (Lipinski definition) is 2. The van der Waals surface area contributed by atoms with E-state index in [1.807, 2.05) is 36.4 Å². The van der Waals surface area contributed by atoms with Gasteiger partial charge in [-0.1, -0.05) is 53.3 Å². The summed E-state index contributed by atoms with van der Waals surface area (Å²) in [6.45, 7) is 0. The molecule has 0 radical (unpaired) electrons. The summed E-state index contributed by atoms with van der Waals surface area (Å²) in [7, 11) is 0. The highest BCUT2D eigenvalue weighted by Crippen LogP contribution is 2.27. The quantitative estimate of drug-likeness (QED) is 0.544. The zero-order valence-electron chi connectivity index (χ0n) is 12.3. The Bertz CT molecular complexity index is 1110. The van der Waals surface area contributed by atoms with E-state index in [0.717, 1.165) is 22.0 Å². The Morgan fingerprint density at radius 1 is 1.21 bits per heavy atom. The highest BCUT2D eigenvalue weighted by Gasteiger charge is 2.17. The number of nitrogens with zero attached hydrogens (tertiary/aromatic N) is 2. The summed E-state index contributed by atoms with van der Waals surface area (Å²) in [5.41, 5.74) is 2.19. The molecule has 7 heteroatoms. The van der Waals surface area contributed by atoms with E-state index >= 15 is 0 Å². The molecule has 0 atom stereocenters. The third-order valence-electron chi connectivity index (χ3n) is 3.66. The molecule has 2 aromatic heterocycles. The Balaban J connectivity index is 1.93. The average Bonchev–Trinajstić information content (AvgIpc) is 3.15. The van der Waals surface area contributed by atoms with Gasteiger partial charge in [-0.25, -0.2) is 4.98 Å². The molecule has 0 unspecified atom stereocenters. The second-order valence-corrected chi connectivity index (χ2v) is 6.61. The van der Waals surface area contributed by atoms with Crippen LogP contribution >= 0.6 is 22.9 Å². The molecule has 2 aromatic carbocycles. The van der Waals surface area contributed by atoms with Gasteiger partial charge in [0.1, 0.15) is 0 Å². The minimum Gasteiger partial charge on any atom is -0.308 e. The molecule has 2 N–H and O–H groups in total. The first-order valence-electron chi connectivity index (χ1n) is 7.15. The fourth-order valence-electron chi connectivity index (χ4n) is 2.53. The van der Waals surface area contributed by atoms with Crippen molar-refractivity contribution in [3.63, 3.8) is 0 Å². The smallest absolute Gasteiger partial charge is 0.282 e. The number of halogens is 1. The van der Waals surface area contributed by atoms with Crippen molar-refractivity contribution in [2.75, 3.05) is 0 Å². The lowest BCUT2D eigenvalue weighted by Gasteiger charge is -1.98. The normalized spacial score (nSPS) is 11.0. The summed E-state index contributed by atoms with van der Waals surface area (Å²) in [5, 5.41) is 11.8. The number of rotatable bonds is 3. The predicted molar refractivity (Wildman–Crippen MR) is 97.9 cm³/mol. The van der Waals surface area contributed by atoms with Crippen molar-refractivity contribution in [3.8, 4) is 16.4 Å². The van der Waals surface area contributed by atoms with E-state index in [2.05, 4.69) is 10.1 Å². The van der Waals surface area contributed by atoms with Gasteiger partial charge in [0.2, 0.25) is 5.13 Å². The molecule has 4 rings (SSSR count). The first-order valence-corrected chi connectivity index (χ1v) is 8.34. The SMILES string of the molecule is N=Cc1c(-c2ccccc2)[nH]n(-c2nc3cc(Cl)ccc3s2)c1=O. The van der Waals surface area contributed by atoms with E-state index in [0.29, 0.717) is 21.4 Å². The van der Waals surface area contributed by atoms with Crippen molar-refractivity contribution in [1.82, 2.24) is 14.8 Å². The maximum absolute atomic E-state index is 12.7. The monoisotopic (exact) mass is 354 g/mol. The molecular formula is C17H11ClN4OS. The minimum absolute atomic E-state index is 0.297. The lowest BCUT2D eigenvalue weighted by atomic mass is 10.1. The van der Waals surface area contributed by atoms with E-state index in [9.17, 15) is 4.79 Å². The number of nitrogens with one attached hydrogen (secondary N) is 2. The topological polar surface area (TPSA) is 74.5 Å². The molecule has 0 fully saturated rings. The molecule has 2 heterocycles. The fourth-order valence-corrected chi connectivity index (χ4v) is 3.60. The van der Waals surface area contributed by atoms with Crippen LogP contribution in [0.15, 0.2) is 53.3 Å². The average molecular weight is 355 g/mol. The molecule has 0 saturated heterocycles. The molecule has 0 aliphatic heterocycles. The van der Waals surface area contributed by atoms with E-state index < -0.39 is 0 Å². The van der Waals surface area contributed by atoms with Gasteiger partial charge in [-0.3, -0.25) is 9.89 Å². The molecule has 0 amide bonds. The van der Waals surface area contributed by atoms with Crippen LogP contribution in [0, 0.1) is 5.41 Å². The van der Waals surface area contributed by atoms with Crippen LogP contribution in [0.1, 0.15) is 5.56 Å². The second-order valence-electron chi connectivity index (χ2n) is 5.16. The van der Waals surface area contributed by atoms with Crippen LogP contribution in [0.5, 0.6) is 0 Å². The number of H-pyrrole nitrogens is 1. The molecule has 24 heavy (non-hydrogen) atoms. The van der Waals surface area contributed by atoms with Gasteiger partial charge >= 0.3 is 0 Å². The first kappa shape index (κ1) is 14.9. The third kappa shape index (κ3) is 2.36. The largest absolute Gasteiger partial charge is 0.308 e. The molecule has 0 saturated carbocycles. The Morgan fingerprint density at radius 2 is 2.00 bits per heavy atom. The molecule has 0 spiro atoms. The molecule has 5 nitrogen and oxygen atoms in total. The number of thiazole rings is 1. The van der Waals surface area contributed by atoms with Crippen LogP contribution in [-0.4, -0.2) is 21.0 Å². The number of benzene rings is 2. The third-order valence-corrected chi connectivity index (χ3v) is 4.92. The van der Waals surface area contributed by atoms with Gasteiger partial charge in [-0.2, -0.15) is 4.68 Å². The van der Waals surface area contributed by atoms with Crippen molar-refractivity contribution in [3.05, 3.63) is 69.5 Å². The maximum Gasteiger partial charge on any atom is 0.282 e. The standard InChI is InChI=1S/C17H11ClN4OS/c18-11-6-7-14-13(8-11)20-17(24-14)22-16(23)12(9-19)15(21-22)10-4-2-1-3-5-10/h1-9,19,21H. The van der Waals surface area contributed by atoms with Crippen LogP contribution in [0.4, 0.5) is 0 Å². The Labute approximate surface area is 145 Å². The number of aromatic nitrogens is 3. The molecule has 0 bridgehead atoms. The Hall–Kier alpha value is -2.70. The highest BCUT2D eigenvalue weighted by molar-refractivity contribution is 7.20. The molecule has 118 valence electrons. The van der Waals surface area contributed by atoms with Crippen LogP contribution in [0.25, 0.3) is 26.6 Å². The van der Waals surface area contributed by atoms with Crippen LogP contribution in [0.2, 0.25) is 5.02 Å². The second kappa shape index (κ2) is 5.74. The van der Waals surface area contributed by atoms with E-state index in [-0.39, 0.29) is 5.56 Å². The van der Waals surface area contributed by atoms with Crippen LogP contribution < -0.4 is 5.56 Å². The van der Waals surface area contributed by atoms with Crippen molar-refractivity contribution in [2.45, 2.75) is 0 Å². The van der Waals surface area contributed by atoms with Gasteiger partial charge in [0.15, 0.2) is 0 Å². The van der Waals surface area contributed by atoms with Crippen molar-refractivity contribution in [2.24, 2.45) is 0 Å². The zero-order chi connectivity index (χ0) is 16.7. The van der Waals surface area contributed by atoms with Crippen molar-refractivity contribution >= 4 is 39.4 Å². The first-order chi connectivity index (χ1) is 11.7. The number of aromatic amines is 1. The Kier molecular flexibility index (Phi) is 3.55. The van der Waals surface area contributed by atoms with Gasteiger partial charge in [0.05, 0.1) is 21.5 Å². The summed E-state index contributed by atoms with van der Waals surface area (Å²) < 4.78 is 2.31. The lowest BCUT2D eigenvalue weighted by molar-refractivity contribution is 0.845. The van der Waals surface area contributed by atoms with Gasteiger partial charge in [-0.15, -0.1) is 0 Å².